The van der Waals surface area contributed by atoms with Crippen molar-refractivity contribution in [3.8, 4) is 0 Å². The van der Waals surface area contributed by atoms with Gasteiger partial charge in [0.15, 0.2) is 0 Å². The van der Waals surface area contributed by atoms with Crippen LogP contribution >= 0.6 is 0 Å². The fourth-order valence-electron chi connectivity index (χ4n) is 0.915. The summed E-state index contributed by atoms with van der Waals surface area (Å²) >= 11 is 0. The van der Waals surface area contributed by atoms with Gasteiger partial charge in [-0.15, -0.1) is 0 Å². The van der Waals surface area contributed by atoms with Gasteiger partial charge >= 0.3 is 0 Å². The molecule has 1 aliphatic heterocycles. The van der Waals surface area contributed by atoms with Crippen LogP contribution in [0.3, 0.4) is 0 Å². The Morgan fingerprint density at radius 2 is 2.00 bits per heavy atom. The molecular weight excluding hydrogens is 152 g/mol. The van der Waals surface area contributed by atoms with Crippen LogP contribution in [0.15, 0.2) is 0 Å². The van der Waals surface area contributed by atoms with Crippen LogP contribution < -0.4 is 0 Å². The molecule has 0 aromatic rings. The van der Waals surface area contributed by atoms with Gasteiger partial charge < -0.3 is 25.2 Å². The molecule has 0 spiro atoms. The van der Waals surface area contributed by atoms with E-state index in [1.165, 1.54) is 0 Å². The second kappa shape index (κ2) is 3.46. The van der Waals surface area contributed by atoms with Crippen LogP contribution in [-0.2, 0) is 4.74 Å². The highest BCUT2D eigenvalue weighted by Crippen LogP contribution is 2.14. The van der Waals surface area contributed by atoms with E-state index in [0.717, 1.165) is 0 Å². The third-order valence-corrected chi connectivity index (χ3v) is 1.65. The molecule has 4 N–H and O–H groups in total. The minimum atomic E-state index is -1.43. The van der Waals surface area contributed by atoms with Gasteiger partial charge in [-0.05, 0) is 0 Å². The topological polar surface area (TPSA) is 90.2 Å². The van der Waals surface area contributed by atoms with E-state index in [4.69, 9.17) is 21.8 Å². The predicted octanol–water partition coefficient (Wildman–Crippen LogP) is -2.54. The Hall–Kier alpha value is -0.200. The van der Waals surface area contributed by atoms with Crippen LogP contribution in [0.5, 0.6) is 0 Å². The van der Waals surface area contributed by atoms with Gasteiger partial charge in [0.05, 0.1) is 14.6 Å². The normalized spacial score (nSPS) is 53.8. The van der Waals surface area contributed by atoms with Gasteiger partial charge in [-0.1, -0.05) is 0 Å². The highest BCUT2D eigenvalue weighted by Gasteiger charge is 2.36. The molecule has 0 aromatic carbocycles. The Morgan fingerprint density at radius 3 is 2.55 bits per heavy atom. The van der Waals surface area contributed by atoms with E-state index in [1.54, 1.807) is 0 Å². The van der Waals surface area contributed by atoms with Crippen molar-refractivity contribution in [1.82, 2.24) is 0 Å². The van der Waals surface area contributed by atoms with Gasteiger partial charge in [-0.3, -0.25) is 0 Å². The summed E-state index contributed by atoms with van der Waals surface area (Å²) in [5.41, 5.74) is 0. The summed E-state index contributed by atoms with van der Waals surface area (Å²) < 4.78 is 11.8. The van der Waals surface area contributed by atoms with Gasteiger partial charge in [0.25, 0.3) is 0 Å². The molecule has 66 valence electrons. The minimum absolute atomic E-state index is 0.486. The lowest BCUT2D eigenvalue weighted by molar-refractivity contribution is -0.195. The van der Waals surface area contributed by atoms with Crippen molar-refractivity contribution in [3.63, 3.8) is 0 Å². The summed E-state index contributed by atoms with van der Waals surface area (Å²) in [5, 5.41) is 35.9. The molecule has 0 amide bonds. The van der Waals surface area contributed by atoms with Gasteiger partial charge in [0.1, 0.15) is 24.4 Å². The van der Waals surface area contributed by atoms with Crippen molar-refractivity contribution in [1.29, 1.82) is 0 Å². The number of aliphatic hydroxyl groups is 4. The third kappa shape index (κ3) is 1.69. The highest BCUT2D eigenvalue weighted by atomic mass is 16.5. The minimum Gasteiger partial charge on any atom is -0.394 e. The second-order valence-electron chi connectivity index (χ2n) is 2.46. The summed E-state index contributed by atoms with van der Waals surface area (Å²) in [7, 11) is 0. The molecule has 1 fully saturated rings. The molecule has 0 aliphatic carbocycles. The highest BCUT2D eigenvalue weighted by molar-refractivity contribution is 4.85. The first-order valence-electron chi connectivity index (χ1n) is 3.88. The fourth-order valence-corrected chi connectivity index (χ4v) is 0.915. The van der Waals surface area contributed by atoms with Gasteiger partial charge in [0, 0.05) is 0 Å². The summed E-state index contributed by atoms with van der Waals surface area (Å²) in [4.78, 5) is 0. The average molecular weight is 165 g/mol. The van der Waals surface area contributed by atoms with Crippen molar-refractivity contribution in [2.24, 2.45) is 0 Å². The smallest absolute Gasteiger partial charge is 0.111 e. The van der Waals surface area contributed by atoms with E-state index in [0.29, 0.717) is 0 Å². The van der Waals surface area contributed by atoms with Crippen LogP contribution in [-0.4, -0.2) is 58.0 Å². The fraction of sp³-hybridized carbons (Fsp3) is 1.00. The second-order valence-corrected chi connectivity index (χ2v) is 2.46. The molecule has 0 saturated carbocycles. The van der Waals surface area contributed by atoms with Crippen molar-refractivity contribution in [2.75, 3.05) is 13.2 Å². The Morgan fingerprint density at radius 1 is 1.36 bits per heavy atom. The van der Waals surface area contributed by atoms with E-state index < -0.39 is 37.6 Å². The lowest BCUT2D eigenvalue weighted by Crippen LogP contribution is -2.53. The zero-order chi connectivity index (χ0) is 9.30. The monoisotopic (exact) mass is 165 g/mol. The average Bonchev–Trinajstić information content (AvgIpc) is 2.08. The first-order valence-corrected chi connectivity index (χ1v) is 3.30. The Bertz CT molecular complexity index is 150. The Kier molecular flexibility index (Phi) is 2.35. The Labute approximate surface area is 65.3 Å². The van der Waals surface area contributed by atoms with E-state index in [2.05, 4.69) is 4.74 Å². The molecule has 11 heavy (non-hydrogen) atoms. The zero-order valence-corrected chi connectivity index (χ0v) is 5.79. The summed E-state index contributed by atoms with van der Waals surface area (Å²) in [6.45, 7) is -1.80. The maximum atomic E-state index is 9.15. The van der Waals surface area contributed by atoms with Crippen LogP contribution in [0.2, 0.25) is 0 Å². The third-order valence-electron chi connectivity index (χ3n) is 1.65. The number of hydrogen-bond donors (Lipinski definition) is 4. The van der Waals surface area contributed by atoms with Crippen LogP contribution in [0.4, 0.5) is 0 Å². The molecule has 5 nitrogen and oxygen atoms in total. The standard InChI is InChI=1S/C6H12O5/c7-1-4-6(10)5(9)3(8)2-11-4/h3-10H,1-2H2/t3-,4-,5+,6+/m0/s1/i2D/t2?,3-,4-,5+,6+. The number of hydrogen-bond acceptors (Lipinski definition) is 5. The lowest BCUT2D eigenvalue weighted by atomic mass is 10.0. The van der Waals surface area contributed by atoms with E-state index in [-0.39, 0.29) is 0 Å². The molecule has 0 bridgehead atoms. The molecule has 0 radical (unpaired) electrons. The molecule has 1 heterocycles. The first-order chi connectivity index (χ1) is 5.57. The maximum absolute atomic E-state index is 9.15. The molecule has 5 atom stereocenters. The quantitative estimate of drug-likeness (QED) is 0.344. The molecule has 1 rings (SSSR count). The molecule has 0 aromatic heterocycles. The maximum Gasteiger partial charge on any atom is 0.111 e. The van der Waals surface area contributed by atoms with Gasteiger partial charge in [-0.25, -0.2) is 0 Å². The summed E-state index contributed by atoms with van der Waals surface area (Å²) in [6.07, 6.45) is -5.20. The van der Waals surface area contributed by atoms with E-state index >= 15 is 0 Å². The number of ether oxygens (including phenoxy) is 1. The van der Waals surface area contributed by atoms with Crippen molar-refractivity contribution < 1.29 is 26.5 Å². The largest absolute Gasteiger partial charge is 0.394 e. The predicted molar refractivity (Wildman–Crippen MR) is 34.8 cm³/mol. The lowest BCUT2D eigenvalue weighted by Gasteiger charge is -2.34. The SMILES string of the molecule is [2H]C1O[C@@H](CO)[C@@H](O)[C@H](O)[C@H]1O. The number of aliphatic hydroxyl groups excluding tert-OH is 4. The van der Waals surface area contributed by atoms with Gasteiger partial charge in [0.2, 0.25) is 0 Å². The van der Waals surface area contributed by atoms with Crippen molar-refractivity contribution in [2.45, 2.75) is 24.4 Å². The van der Waals surface area contributed by atoms with Crippen LogP contribution in [0.1, 0.15) is 1.37 Å². The summed E-state index contributed by atoms with van der Waals surface area (Å²) in [5.74, 6) is 0. The van der Waals surface area contributed by atoms with E-state index in [1.807, 2.05) is 0 Å². The van der Waals surface area contributed by atoms with Crippen molar-refractivity contribution >= 4 is 0 Å². The van der Waals surface area contributed by atoms with Gasteiger partial charge in [-0.2, -0.15) is 0 Å². The van der Waals surface area contributed by atoms with Crippen LogP contribution in [0.25, 0.3) is 0 Å². The van der Waals surface area contributed by atoms with E-state index in [9.17, 15) is 0 Å². The molecular formula is C6H12O5. The zero-order valence-electron chi connectivity index (χ0n) is 6.79. The van der Waals surface area contributed by atoms with Crippen molar-refractivity contribution in [3.05, 3.63) is 0 Å². The molecule has 1 saturated heterocycles. The first kappa shape index (κ1) is 7.45. The van der Waals surface area contributed by atoms with Crippen LogP contribution in [0, 0.1) is 0 Å². The number of rotatable bonds is 1. The summed E-state index contributed by atoms with van der Waals surface area (Å²) in [6, 6.07) is 0. The molecule has 1 unspecified atom stereocenters. The molecule has 1 aliphatic rings. The Balaban J connectivity index is 2.63. The molecule has 5 heteroatoms.